The van der Waals surface area contributed by atoms with Gasteiger partial charge in [-0.2, -0.15) is 4.98 Å². The van der Waals surface area contributed by atoms with Crippen LogP contribution in [0.2, 0.25) is 0 Å². The summed E-state index contributed by atoms with van der Waals surface area (Å²) in [4.78, 5) is 8.37. The number of ether oxygens (including phenoxy) is 2. The van der Waals surface area contributed by atoms with E-state index < -0.39 is 9.84 Å². The molecule has 0 unspecified atom stereocenters. The zero-order valence-corrected chi connectivity index (χ0v) is 18.7. The molecule has 1 heterocycles. The molecule has 4 N–H and O–H groups in total. The highest BCUT2D eigenvalue weighted by Crippen LogP contribution is 2.40. The van der Waals surface area contributed by atoms with Gasteiger partial charge >= 0.3 is 0 Å². The number of aromatic nitrogens is 2. The largest absolute Gasteiger partial charge is 0.495 e. The Kier molecular flexibility index (Phi) is 6.35. The molecule has 0 atom stereocenters. The first kappa shape index (κ1) is 22.4. The second kappa shape index (κ2) is 8.81. The number of benzene rings is 2. The third kappa shape index (κ3) is 5.05. The Labute approximate surface area is 182 Å². The standard InChI is InChI=1S/C22H26N4O4S/c1-13(2)15-11-18(29-3)19(31(4,27)28)12-17(15)30-20-16(25-22(24)26-21(20)23)10-14-8-6-5-7-9-14/h5-9,11-13H,10H2,1-4H3,(H4,23,24,25,26). The zero-order valence-electron chi connectivity index (χ0n) is 17.9. The van der Waals surface area contributed by atoms with Crippen molar-refractivity contribution >= 4 is 21.6 Å². The fourth-order valence-corrected chi connectivity index (χ4v) is 4.04. The molecule has 9 heteroatoms. The SMILES string of the molecule is COc1cc(C(C)C)c(Oc2c(N)nc(N)nc2Cc2ccccc2)cc1S(C)(=O)=O. The van der Waals surface area contributed by atoms with Crippen LogP contribution in [0.3, 0.4) is 0 Å². The molecule has 0 aliphatic carbocycles. The number of sulfone groups is 1. The number of anilines is 2. The van der Waals surface area contributed by atoms with Crippen LogP contribution in [-0.2, 0) is 16.3 Å². The highest BCUT2D eigenvalue weighted by atomic mass is 32.2. The fraction of sp³-hybridized carbons (Fsp3) is 0.273. The van der Waals surface area contributed by atoms with Crippen LogP contribution < -0.4 is 20.9 Å². The third-order valence-electron chi connectivity index (χ3n) is 4.72. The van der Waals surface area contributed by atoms with Crippen LogP contribution in [0.15, 0.2) is 47.4 Å². The maximum atomic E-state index is 12.3. The lowest BCUT2D eigenvalue weighted by Gasteiger charge is -2.19. The van der Waals surface area contributed by atoms with Crippen LogP contribution >= 0.6 is 0 Å². The number of methoxy groups -OCH3 is 1. The van der Waals surface area contributed by atoms with E-state index >= 15 is 0 Å². The van der Waals surface area contributed by atoms with Gasteiger partial charge in [0.25, 0.3) is 0 Å². The second-order valence-corrected chi connectivity index (χ2v) is 9.46. The van der Waals surface area contributed by atoms with Gasteiger partial charge in [-0.15, -0.1) is 0 Å². The predicted octanol–water partition coefficient (Wildman–Crippen LogP) is 3.56. The Morgan fingerprint density at radius 2 is 1.71 bits per heavy atom. The number of nitrogens with two attached hydrogens (primary N) is 2. The molecule has 0 saturated carbocycles. The van der Waals surface area contributed by atoms with Crippen LogP contribution in [0.4, 0.5) is 11.8 Å². The zero-order chi connectivity index (χ0) is 22.8. The van der Waals surface area contributed by atoms with E-state index in [2.05, 4.69) is 9.97 Å². The maximum Gasteiger partial charge on any atom is 0.222 e. The molecule has 0 saturated heterocycles. The highest BCUT2D eigenvalue weighted by molar-refractivity contribution is 7.90. The minimum Gasteiger partial charge on any atom is -0.495 e. The van der Waals surface area contributed by atoms with Crippen molar-refractivity contribution in [3.63, 3.8) is 0 Å². The third-order valence-corrected chi connectivity index (χ3v) is 5.84. The summed E-state index contributed by atoms with van der Waals surface area (Å²) >= 11 is 0. The monoisotopic (exact) mass is 442 g/mol. The van der Waals surface area contributed by atoms with Gasteiger partial charge < -0.3 is 20.9 Å². The summed E-state index contributed by atoms with van der Waals surface area (Å²) in [5.41, 5.74) is 14.2. The summed E-state index contributed by atoms with van der Waals surface area (Å²) in [6, 6.07) is 12.8. The van der Waals surface area contributed by atoms with Gasteiger partial charge in [-0.1, -0.05) is 44.2 Å². The summed E-state index contributed by atoms with van der Waals surface area (Å²) in [6.45, 7) is 3.94. The Morgan fingerprint density at radius 1 is 1.03 bits per heavy atom. The van der Waals surface area contributed by atoms with Gasteiger partial charge in [-0.25, -0.2) is 13.4 Å². The summed E-state index contributed by atoms with van der Waals surface area (Å²) < 4.78 is 36.1. The molecule has 164 valence electrons. The molecule has 0 aliphatic rings. The first-order valence-corrected chi connectivity index (χ1v) is 11.5. The van der Waals surface area contributed by atoms with Crippen LogP contribution in [0.1, 0.15) is 36.6 Å². The van der Waals surface area contributed by atoms with Crippen molar-refractivity contribution in [2.24, 2.45) is 0 Å². The minimum atomic E-state index is -3.57. The normalized spacial score (nSPS) is 11.5. The molecular weight excluding hydrogens is 416 g/mol. The Hall–Kier alpha value is -3.33. The van der Waals surface area contributed by atoms with Crippen LogP contribution in [0, 0.1) is 0 Å². The first-order valence-electron chi connectivity index (χ1n) is 9.65. The van der Waals surface area contributed by atoms with Crippen molar-refractivity contribution in [1.82, 2.24) is 9.97 Å². The van der Waals surface area contributed by atoms with E-state index in [0.717, 1.165) is 17.4 Å². The smallest absolute Gasteiger partial charge is 0.222 e. The van der Waals surface area contributed by atoms with Crippen molar-refractivity contribution < 1.29 is 17.9 Å². The number of nitrogens with zero attached hydrogens (tertiary/aromatic N) is 2. The predicted molar refractivity (Wildman–Crippen MR) is 120 cm³/mol. The fourth-order valence-electron chi connectivity index (χ4n) is 3.21. The van der Waals surface area contributed by atoms with Crippen molar-refractivity contribution in [1.29, 1.82) is 0 Å². The molecule has 0 spiro atoms. The number of hydrogen-bond acceptors (Lipinski definition) is 8. The number of hydrogen-bond donors (Lipinski definition) is 2. The van der Waals surface area contributed by atoms with Gasteiger partial charge in [-0.05, 0) is 17.5 Å². The number of rotatable bonds is 7. The van der Waals surface area contributed by atoms with E-state index in [-0.39, 0.29) is 34.1 Å². The van der Waals surface area contributed by atoms with Gasteiger partial charge in [0.1, 0.15) is 16.4 Å². The highest BCUT2D eigenvalue weighted by Gasteiger charge is 2.23. The lowest BCUT2D eigenvalue weighted by atomic mass is 10.0. The molecular formula is C22H26N4O4S. The summed E-state index contributed by atoms with van der Waals surface area (Å²) in [5.74, 6) is 0.960. The van der Waals surface area contributed by atoms with Gasteiger partial charge in [0.15, 0.2) is 21.4 Å². The molecule has 2 aromatic carbocycles. The topological polar surface area (TPSA) is 130 Å². The summed E-state index contributed by atoms with van der Waals surface area (Å²) in [7, 11) is -2.14. The lowest BCUT2D eigenvalue weighted by molar-refractivity contribution is 0.398. The first-order chi connectivity index (χ1) is 14.6. The molecule has 1 aromatic heterocycles. The molecule has 3 rings (SSSR count). The van der Waals surface area contributed by atoms with Crippen molar-refractivity contribution in [3.8, 4) is 17.2 Å². The average Bonchev–Trinajstić information content (AvgIpc) is 2.70. The van der Waals surface area contributed by atoms with E-state index in [1.807, 2.05) is 44.2 Å². The molecule has 31 heavy (non-hydrogen) atoms. The van der Waals surface area contributed by atoms with E-state index in [1.165, 1.54) is 13.2 Å². The second-order valence-electron chi connectivity index (χ2n) is 7.48. The van der Waals surface area contributed by atoms with Crippen LogP contribution in [0.25, 0.3) is 0 Å². The summed E-state index contributed by atoms with van der Waals surface area (Å²) in [6.07, 6.45) is 1.53. The van der Waals surface area contributed by atoms with E-state index in [4.69, 9.17) is 20.9 Å². The van der Waals surface area contributed by atoms with Gasteiger partial charge in [0, 0.05) is 24.3 Å². The minimum absolute atomic E-state index is 0.0195. The van der Waals surface area contributed by atoms with Crippen molar-refractivity contribution in [2.45, 2.75) is 31.1 Å². The molecule has 3 aromatic rings. The van der Waals surface area contributed by atoms with Crippen molar-refractivity contribution in [3.05, 3.63) is 59.3 Å². The van der Waals surface area contributed by atoms with Crippen molar-refractivity contribution in [2.75, 3.05) is 24.8 Å². The molecule has 0 fully saturated rings. The van der Waals surface area contributed by atoms with E-state index in [9.17, 15) is 8.42 Å². The maximum absolute atomic E-state index is 12.3. The van der Waals surface area contributed by atoms with Gasteiger partial charge in [0.05, 0.1) is 12.8 Å². The summed E-state index contributed by atoms with van der Waals surface area (Å²) in [5, 5.41) is 0. The number of nitrogen functional groups attached to an aromatic ring is 2. The van der Waals surface area contributed by atoms with E-state index in [1.54, 1.807) is 6.07 Å². The quantitative estimate of drug-likeness (QED) is 0.568. The molecule has 0 bridgehead atoms. The Bertz CT molecular complexity index is 1200. The van der Waals surface area contributed by atoms with Gasteiger partial charge in [0.2, 0.25) is 5.95 Å². The molecule has 8 nitrogen and oxygen atoms in total. The molecule has 0 amide bonds. The Balaban J connectivity index is 2.16. The van der Waals surface area contributed by atoms with Crippen LogP contribution in [-0.4, -0.2) is 31.8 Å². The van der Waals surface area contributed by atoms with Crippen LogP contribution in [0.5, 0.6) is 17.2 Å². The molecule has 0 aliphatic heterocycles. The van der Waals surface area contributed by atoms with E-state index in [0.29, 0.717) is 17.9 Å². The Morgan fingerprint density at radius 3 is 2.29 bits per heavy atom. The molecule has 0 radical (unpaired) electrons. The average molecular weight is 443 g/mol. The lowest BCUT2D eigenvalue weighted by Crippen LogP contribution is -2.09. The van der Waals surface area contributed by atoms with Gasteiger partial charge in [-0.3, -0.25) is 0 Å².